The molecule has 0 spiro atoms. The van der Waals surface area contributed by atoms with Crippen LogP contribution in [-0.2, 0) is 0 Å². The number of benzene rings is 1. The molecular weight excluding hydrogens is 176 g/mol. The van der Waals surface area contributed by atoms with Gasteiger partial charge in [0.15, 0.2) is 6.29 Å². The third-order valence-corrected chi connectivity index (χ3v) is 2.05. The van der Waals surface area contributed by atoms with E-state index in [1.165, 1.54) is 0 Å². The predicted molar refractivity (Wildman–Crippen MR) is 57.0 cm³/mol. The summed E-state index contributed by atoms with van der Waals surface area (Å²) in [6.07, 6.45) is 2.57. The van der Waals surface area contributed by atoms with Crippen LogP contribution < -0.4 is 4.74 Å². The van der Waals surface area contributed by atoms with Gasteiger partial charge in [-0.05, 0) is 37.1 Å². The van der Waals surface area contributed by atoms with E-state index in [0.717, 1.165) is 28.7 Å². The second kappa shape index (κ2) is 4.61. The minimum Gasteiger partial charge on any atom is -0.490 e. The summed E-state index contributed by atoms with van der Waals surface area (Å²) in [5, 5.41) is 0. The summed E-state index contributed by atoms with van der Waals surface area (Å²) in [6.45, 7) is 7.86. The van der Waals surface area contributed by atoms with Crippen LogP contribution in [0.2, 0.25) is 0 Å². The molecule has 0 saturated heterocycles. The Bertz CT molecular complexity index is 330. The second-order valence-corrected chi connectivity index (χ2v) is 3.19. The molecule has 0 amide bonds. The molecule has 1 rings (SSSR count). The van der Waals surface area contributed by atoms with E-state index in [1.54, 1.807) is 6.08 Å². The van der Waals surface area contributed by atoms with Crippen molar-refractivity contribution < 1.29 is 9.53 Å². The molecule has 0 aliphatic rings. The highest BCUT2D eigenvalue weighted by molar-refractivity contribution is 5.80. The first-order valence-corrected chi connectivity index (χ1v) is 4.49. The number of rotatable bonds is 4. The van der Waals surface area contributed by atoms with Gasteiger partial charge in [0.1, 0.15) is 12.4 Å². The highest BCUT2D eigenvalue weighted by Crippen LogP contribution is 2.20. The molecule has 1 aromatic carbocycles. The third kappa shape index (κ3) is 2.22. The van der Waals surface area contributed by atoms with Gasteiger partial charge in [0.25, 0.3) is 0 Å². The van der Waals surface area contributed by atoms with Crippen LogP contribution >= 0.6 is 0 Å². The Morgan fingerprint density at radius 2 is 1.93 bits per heavy atom. The Morgan fingerprint density at radius 1 is 1.36 bits per heavy atom. The summed E-state index contributed by atoms with van der Waals surface area (Å²) in [5.74, 6) is 0.783. The van der Waals surface area contributed by atoms with Crippen molar-refractivity contribution >= 4 is 6.29 Å². The van der Waals surface area contributed by atoms with Gasteiger partial charge >= 0.3 is 0 Å². The average molecular weight is 190 g/mol. The van der Waals surface area contributed by atoms with Gasteiger partial charge in [0.05, 0.1) is 0 Å². The molecule has 0 aliphatic heterocycles. The van der Waals surface area contributed by atoms with Crippen molar-refractivity contribution in [3.63, 3.8) is 0 Å². The molecule has 0 radical (unpaired) electrons. The van der Waals surface area contributed by atoms with E-state index in [4.69, 9.17) is 4.74 Å². The number of hydrogen-bond donors (Lipinski definition) is 0. The van der Waals surface area contributed by atoms with Gasteiger partial charge in [0, 0.05) is 5.56 Å². The van der Waals surface area contributed by atoms with E-state index in [9.17, 15) is 4.79 Å². The molecule has 1 aromatic rings. The Morgan fingerprint density at radius 3 is 2.36 bits per heavy atom. The molecule has 74 valence electrons. The summed E-state index contributed by atoms with van der Waals surface area (Å²) in [7, 11) is 0. The van der Waals surface area contributed by atoms with Crippen LogP contribution in [0.3, 0.4) is 0 Å². The van der Waals surface area contributed by atoms with Crippen molar-refractivity contribution in [3.05, 3.63) is 41.5 Å². The SMILES string of the molecule is C=CCOc1cc(C)c(C=O)c(C)c1. The predicted octanol–water partition coefficient (Wildman–Crippen LogP) is 2.68. The van der Waals surface area contributed by atoms with Gasteiger partial charge in [-0.3, -0.25) is 4.79 Å². The van der Waals surface area contributed by atoms with Crippen LogP contribution in [0.15, 0.2) is 24.8 Å². The van der Waals surface area contributed by atoms with Crippen LogP contribution in [0.5, 0.6) is 5.75 Å². The van der Waals surface area contributed by atoms with E-state index in [-0.39, 0.29) is 0 Å². The molecular formula is C12H14O2. The molecule has 0 aromatic heterocycles. The molecule has 0 N–H and O–H groups in total. The molecule has 0 unspecified atom stereocenters. The van der Waals surface area contributed by atoms with Gasteiger partial charge in [-0.2, -0.15) is 0 Å². The summed E-state index contributed by atoms with van der Waals surface area (Å²) in [5.41, 5.74) is 2.63. The minimum absolute atomic E-state index is 0.485. The quantitative estimate of drug-likeness (QED) is 0.539. The fourth-order valence-electron chi connectivity index (χ4n) is 1.36. The molecule has 2 nitrogen and oxygen atoms in total. The van der Waals surface area contributed by atoms with Crippen LogP contribution in [-0.4, -0.2) is 12.9 Å². The molecule has 0 aliphatic carbocycles. The highest BCUT2D eigenvalue weighted by Gasteiger charge is 2.04. The van der Waals surface area contributed by atoms with Crippen molar-refractivity contribution in [3.8, 4) is 5.75 Å². The lowest BCUT2D eigenvalue weighted by atomic mass is 10.0. The monoisotopic (exact) mass is 190 g/mol. The van der Waals surface area contributed by atoms with Crippen LogP contribution in [0.25, 0.3) is 0 Å². The first-order chi connectivity index (χ1) is 6.69. The van der Waals surface area contributed by atoms with E-state index in [2.05, 4.69) is 6.58 Å². The van der Waals surface area contributed by atoms with E-state index >= 15 is 0 Å². The van der Waals surface area contributed by atoms with Gasteiger partial charge in [-0.1, -0.05) is 12.7 Å². The Kier molecular flexibility index (Phi) is 3.46. The zero-order valence-corrected chi connectivity index (χ0v) is 8.54. The number of carbonyl (C=O) groups excluding carboxylic acids is 1. The largest absolute Gasteiger partial charge is 0.490 e. The summed E-state index contributed by atoms with van der Waals surface area (Å²) >= 11 is 0. The zero-order valence-electron chi connectivity index (χ0n) is 8.54. The third-order valence-electron chi connectivity index (χ3n) is 2.05. The summed E-state index contributed by atoms with van der Waals surface area (Å²) < 4.78 is 5.38. The molecule has 0 heterocycles. The van der Waals surface area contributed by atoms with Crippen molar-refractivity contribution in [1.29, 1.82) is 0 Å². The molecule has 2 heteroatoms. The maximum atomic E-state index is 10.7. The molecule has 0 bridgehead atoms. The number of ether oxygens (including phenoxy) is 1. The average Bonchev–Trinajstić information content (AvgIpc) is 2.14. The van der Waals surface area contributed by atoms with Crippen LogP contribution in [0, 0.1) is 13.8 Å². The maximum Gasteiger partial charge on any atom is 0.150 e. The molecule has 0 saturated carbocycles. The Hall–Kier alpha value is -1.57. The van der Waals surface area contributed by atoms with E-state index in [1.807, 2.05) is 26.0 Å². The first kappa shape index (κ1) is 10.5. The highest BCUT2D eigenvalue weighted by atomic mass is 16.5. The maximum absolute atomic E-state index is 10.7. The Labute approximate surface area is 84.2 Å². The topological polar surface area (TPSA) is 26.3 Å². The first-order valence-electron chi connectivity index (χ1n) is 4.49. The van der Waals surface area contributed by atoms with Crippen LogP contribution in [0.1, 0.15) is 21.5 Å². The summed E-state index contributed by atoms with van der Waals surface area (Å²) in [6, 6.07) is 3.72. The lowest BCUT2D eigenvalue weighted by Gasteiger charge is -2.08. The van der Waals surface area contributed by atoms with E-state index in [0.29, 0.717) is 6.61 Å². The van der Waals surface area contributed by atoms with Crippen LogP contribution in [0.4, 0.5) is 0 Å². The number of aldehydes is 1. The number of aryl methyl sites for hydroxylation is 2. The van der Waals surface area contributed by atoms with Gasteiger partial charge in [0.2, 0.25) is 0 Å². The fourth-order valence-corrected chi connectivity index (χ4v) is 1.36. The van der Waals surface area contributed by atoms with Gasteiger partial charge in [-0.25, -0.2) is 0 Å². The number of hydrogen-bond acceptors (Lipinski definition) is 2. The van der Waals surface area contributed by atoms with Crippen molar-refractivity contribution in [1.82, 2.24) is 0 Å². The Balaban J connectivity index is 3.01. The van der Waals surface area contributed by atoms with E-state index < -0.39 is 0 Å². The molecule has 0 fully saturated rings. The fraction of sp³-hybridized carbons (Fsp3) is 0.250. The van der Waals surface area contributed by atoms with Gasteiger partial charge in [-0.15, -0.1) is 0 Å². The molecule has 14 heavy (non-hydrogen) atoms. The lowest BCUT2D eigenvalue weighted by Crippen LogP contribution is -1.97. The smallest absolute Gasteiger partial charge is 0.150 e. The molecule has 0 atom stereocenters. The standard InChI is InChI=1S/C12H14O2/c1-4-5-14-11-6-9(2)12(8-13)10(3)7-11/h4,6-8H,1,5H2,2-3H3. The summed E-state index contributed by atoms with van der Waals surface area (Å²) in [4.78, 5) is 10.7. The zero-order chi connectivity index (χ0) is 10.6. The normalized spacial score (nSPS) is 9.57. The second-order valence-electron chi connectivity index (χ2n) is 3.19. The van der Waals surface area contributed by atoms with Crippen molar-refractivity contribution in [2.45, 2.75) is 13.8 Å². The lowest BCUT2D eigenvalue weighted by molar-refractivity contribution is 0.112. The van der Waals surface area contributed by atoms with Crippen molar-refractivity contribution in [2.75, 3.05) is 6.61 Å². The van der Waals surface area contributed by atoms with Gasteiger partial charge < -0.3 is 4.74 Å². The number of carbonyl (C=O) groups is 1. The van der Waals surface area contributed by atoms with Crippen molar-refractivity contribution in [2.24, 2.45) is 0 Å². The minimum atomic E-state index is 0.485.